The number of anilines is 2. The molecule has 132 valence electrons. The molecule has 1 atom stereocenters. The molecule has 2 heterocycles. The molecule has 6 nitrogen and oxygen atoms in total. The molecular weight excluding hydrogens is 316 g/mol. The summed E-state index contributed by atoms with van der Waals surface area (Å²) in [4.78, 5) is 23.4. The lowest BCUT2D eigenvalue weighted by molar-refractivity contribution is 0.0907. The minimum Gasteiger partial charge on any atom is -0.496 e. The molecule has 1 aromatic carbocycles. The average Bonchev–Trinajstić information content (AvgIpc) is 2.61. The van der Waals surface area contributed by atoms with Crippen LogP contribution in [0.4, 0.5) is 11.6 Å². The summed E-state index contributed by atoms with van der Waals surface area (Å²) in [7, 11) is 1.66. The maximum absolute atomic E-state index is 13.0. The number of carbonyl (C=O) groups excluding carboxylic acids is 1. The number of aryl methyl sites for hydroxylation is 2. The summed E-state index contributed by atoms with van der Waals surface area (Å²) >= 11 is 0. The highest BCUT2D eigenvalue weighted by Gasteiger charge is 2.28. The third kappa shape index (κ3) is 3.57. The molecule has 0 aliphatic carbocycles. The van der Waals surface area contributed by atoms with Crippen LogP contribution in [0.1, 0.15) is 34.3 Å². The van der Waals surface area contributed by atoms with E-state index >= 15 is 0 Å². The molecule has 0 saturated carbocycles. The van der Waals surface area contributed by atoms with Crippen molar-refractivity contribution in [3.05, 3.63) is 41.2 Å². The maximum atomic E-state index is 13.0. The van der Waals surface area contributed by atoms with Gasteiger partial charge in [0.2, 0.25) is 0 Å². The van der Waals surface area contributed by atoms with E-state index in [9.17, 15) is 4.79 Å². The van der Waals surface area contributed by atoms with Crippen molar-refractivity contribution in [2.45, 2.75) is 26.7 Å². The lowest BCUT2D eigenvalue weighted by atomic mass is 9.88. The molecule has 25 heavy (non-hydrogen) atoms. The summed E-state index contributed by atoms with van der Waals surface area (Å²) in [5.41, 5.74) is 8.49. The number of nitrogens with two attached hydrogens (primary N) is 1. The van der Waals surface area contributed by atoms with Gasteiger partial charge in [0.05, 0.1) is 7.11 Å². The number of hydrogen-bond acceptors (Lipinski definition) is 6. The van der Waals surface area contributed by atoms with Crippen LogP contribution in [-0.4, -0.2) is 36.0 Å². The molecule has 0 bridgehead atoms. The number of ketones is 1. The largest absolute Gasteiger partial charge is 0.496 e. The summed E-state index contributed by atoms with van der Waals surface area (Å²) in [5.74, 6) is 2.21. The molecule has 0 radical (unpaired) electrons. The third-order valence-electron chi connectivity index (χ3n) is 4.74. The van der Waals surface area contributed by atoms with Crippen LogP contribution in [0.3, 0.4) is 0 Å². The lowest BCUT2D eigenvalue weighted by Crippen LogP contribution is -2.39. The van der Waals surface area contributed by atoms with Gasteiger partial charge in [0.15, 0.2) is 5.78 Å². The average molecular weight is 340 g/mol. The van der Waals surface area contributed by atoms with Crippen LogP contribution in [0.2, 0.25) is 0 Å². The number of nitrogens with zero attached hydrogens (tertiary/aromatic N) is 3. The maximum Gasteiger partial charge on any atom is 0.167 e. The highest BCUT2D eigenvalue weighted by molar-refractivity contribution is 5.99. The zero-order valence-electron chi connectivity index (χ0n) is 15.0. The number of nitrogen functional groups attached to an aromatic ring is 1. The second-order valence-electron chi connectivity index (χ2n) is 6.59. The van der Waals surface area contributed by atoms with Crippen molar-refractivity contribution in [3.63, 3.8) is 0 Å². The van der Waals surface area contributed by atoms with Crippen LogP contribution in [0.5, 0.6) is 5.75 Å². The first-order valence-electron chi connectivity index (χ1n) is 8.51. The Morgan fingerprint density at radius 1 is 1.24 bits per heavy atom. The number of ether oxygens (including phenoxy) is 1. The Hall–Kier alpha value is -2.63. The summed E-state index contributed by atoms with van der Waals surface area (Å²) in [5, 5.41) is 0. The molecule has 0 unspecified atom stereocenters. The first-order chi connectivity index (χ1) is 12.0. The van der Waals surface area contributed by atoms with Crippen LogP contribution in [0.25, 0.3) is 0 Å². The van der Waals surface area contributed by atoms with Crippen molar-refractivity contribution >= 4 is 17.4 Å². The van der Waals surface area contributed by atoms with E-state index in [-0.39, 0.29) is 11.7 Å². The lowest BCUT2D eigenvalue weighted by Gasteiger charge is -2.33. The van der Waals surface area contributed by atoms with Gasteiger partial charge in [-0.2, -0.15) is 0 Å². The number of hydrogen-bond donors (Lipinski definition) is 1. The van der Waals surface area contributed by atoms with Crippen molar-refractivity contribution in [1.29, 1.82) is 0 Å². The Labute approximate surface area is 148 Å². The van der Waals surface area contributed by atoms with Crippen molar-refractivity contribution in [1.82, 2.24) is 9.97 Å². The predicted octanol–water partition coefficient (Wildman–Crippen LogP) is 2.78. The highest BCUT2D eigenvalue weighted by Crippen LogP contribution is 2.29. The van der Waals surface area contributed by atoms with Crippen molar-refractivity contribution in [2.75, 3.05) is 30.8 Å². The third-order valence-corrected chi connectivity index (χ3v) is 4.74. The van der Waals surface area contributed by atoms with E-state index in [4.69, 9.17) is 10.5 Å². The van der Waals surface area contributed by atoms with E-state index in [1.54, 1.807) is 13.2 Å². The topological polar surface area (TPSA) is 81.3 Å². The van der Waals surface area contributed by atoms with Crippen LogP contribution >= 0.6 is 0 Å². The normalized spacial score (nSPS) is 17.4. The molecule has 1 aliphatic rings. The monoisotopic (exact) mass is 340 g/mol. The van der Waals surface area contributed by atoms with E-state index in [0.717, 1.165) is 47.6 Å². The highest BCUT2D eigenvalue weighted by atomic mass is 16.5. The number of benzene rings is 1. The van der Waals surface area contributed by atoms with Gasteiger partial charge in [-0.25, -0.2) is 9.97 Å². The summed E-state index contributed by atoms with van der Waals surface area (Å²) in [6.45, 7) is 5.47. The number of methoxy groups -OCH3 is 1. The summed E-state index contributed by atoms with van der Waals surface area (Å²) in [6.07, 6.45) is 3.31. The molecule has 0 spiro atoms. The number of Topliss-reactive ketones (excluding diaryl/α,β-unsaturated/α-hetero) is 1. The Bertz CT molecular complexity index is 768. The fourth-order valence-electron chi connectivity index (χ4n) is 3.58. The minimum atomic E-state index is -0.0443. The first kappa shape index (κ1) is 17.2. The second kappa shape index (κ2) is 7.09. The predicted molar refractivity (Wildman–Crippen MR) is 98.2 cm³/mol. The summed E-state index contributed by atoms with van der Waals surface area (Å²) < 4.78 is 5.40. The smallest absolute Gasteiger partial charge is 0.167 e. The van der Waals surface area contributed by atoms with Crippen LogP contribution < -0.4 is 15.4 Å². The van der Waals surface area contributed by atoms with Gasteiger partial charge >= 0.3 is 0 Å². The Morgan fingerprint density at radius 2 is 1.96 bits per heavy atom. The molecule has 1 aromatic heterocycles. The Balaban J connectivity index is 1.80. The summed E-state index contributed by atoms with van der Waals surface area (Å²) in [6, 6.07) is 5.61. The molecule has 1 fully saturated rings. The molecule has 1 saturated heterocycles. The number of aromatic nitrogens is 2. The molecule has 6 heteroatoms. The number of carbonyl (C=O) groups is 1. The molecular formula is C19H24N4O2. The van der Waals surface area contributed by atoms with Crippen LogP contribution in [-0.2, 0) is 0 Å². The van der Waals surface area contributed by atoms with E-state index in [2.05, 4.69) is 14.9 Å². The van der Waals surface area contributed by atoms with E-state index in [0.29, 0.717) is 12.4 Å². The van der Waals surface area contributed by atoms with E-state index in [1.165, 1.54) is 6.33 Å². The molecule has 0 amide bonds. The van der Waals surface area contributed by atoms with Crippen molar-refractivity contribution in [2.24, 2.45) is 5.92 Å². The molecule has 1 aliphatic heterocycles. The van der Waals surface area contributed by atoms with E-state index in [1.807, 2.05) is 26.0 Å². The quantitative estimate of drug-likeness (QED) is 0.862. The number of piperidine rings is 1. The molecule has 3 rings (SSSR count). The zero-order chi connectivity index (χ0) is 18.0. The van der Waals surface area contributed by atoms with Crippen molar-refractivity contribution in [3.8, 4) is 5.75 Å². The van der Waals surface area contributed by atoms with Gasteiger partial charge in [-0.1, -0.05) is 0 Å². The SMILES string of the molecule is COc1c(C)cc(C(=O)[C@H]2CCCN(c3cc(N)ncn3)C2)cc1C. The van der Waals surface area contributed by atoms with Gasteiger partial charge < -0.3 is 15.4 Å². The van der Waals surface area contributed by atoms with Gasteiger partial charge in [0, 0.05) is 30.6 Å². The standard InChI is InChI=1S/C19H24N4O2/c1-12-7-15(8-13(2)19(12)25-3)18(24)14-5-4-6-23(10-14)17-9-16(20)21-11-22-17/h7-9,11,14H,4-6,10H2,1-3H3,(H2,20,21,22)/t14-/m0/s1. The van der Waals surface area contributed by atoms with Crippen LogP contribution in [0, 0.1) is 19.8 Å². The zero-order valence-corrected chi connectivity index (χ0v) is 15.0. The Kier molecular flexibility index (Phi) is 4.88. The van der Waals surface area contributed by atoms with Gasteiger partial charge in [0.25, 0.3) is 0 Å². The fraction of sp³-hybridized carbons (Fsp3) is 0.421. The first-order valence-corrected chi connectivity index (χ1v) is 8.51. The van der Waals surface area contributed by atoms with Gasteiger partial charge in [-0.15, -0.1) is 0 Å². The van der Waals surface area contributed by atoms with Crippen molar-refractivity contribution < 1.29 is 9.53 Å². The van der Waals surface area contributed by atoms with Gasteiger partial charge in [-0.05, 0) is 49.9 Å². The Morgan fingerprint density at radius 3 is 2.60 bits per heavy atom. The van der Waals surface area contributed by atoms with E-state index < -0.39 is 0 Å². The van der Waals surface area contributed by atoms with Crippen LogP contribution in [0.15, 0.2) is 24.5 Å². The number of rotatable bonds is 4. The minimum absolute atomic E-state index is 0.0443. The second-order valence-corrected chi connectivity index (χ2v) is 6.59. The fourth-order valence-corrected chi connectivity index (χ4v) is 3.58. The van der Waals surface area contributed by atoms with Gasteiger partial charge in [-0.3, -0.25) is 4.79 Å². The van der Waals surface area contributed by atoms with Gasteiger partial charge in [0.1, 0.15) is 23.7 Å². The molecule has 2 N–H and O–H groups in total. The molecule has 2 aromatic rings.